The average Bonchev–Trinajstić information content (AvgIpc) is 2.25. The van der Waals surface area contributed by atoms with Crippen LogP contribution in [-0.4, -0.2) is 55.9 Å². The molecule has 8 heteroatoms. The number of nitrogens with zero attached hydrogens (tertiary/aromatic N) is 1. The fraction of sp³-hybridized carbons (Fsp3) is 0.889. The first-order chi connectivity index (χ1) is 7.90. The van der Waals surface area contributed by atoms with Crippen molar-refractivity contribution in [3.8, 4) is 0 Å². The van der Waals surface area contributed by atoms with Gasteiger partial charge in [-0.2, -0.15) is 24.5 Å². The highest BCUT2D eigenvalue weighted by molar-refractivity contribution is 7.98. The van der Waals surface area contributed by atoms with Crippen LogP contribution >= 0.6 is 11.8 Å². The molecule has 0 atom stereocenters. The lowest BCUT2D eigenvalue weighted by molar-refractivity contribution is -0.137. The first-order valence-electron chi connectivity index (χ1n) is 5.32. The SMILES string of the molecule is CSCCCCNS(=O)(=O)N(C)CCC(=O)O. The Hall–Kier alpha value is -0.310. The Labute approximate surface area is 107 Å². The zero-order valence-corrected chi connectivity index (χ0v) is 11.8. The Morgan fingerprint density at radius 1 is 1.41 bits per heavy atom. The summed E-state index contributed by atoms with van der Waals surface area (Å²) in [6, 6.07) is 0. The monoisotopic (exact) mass is 284 g/mol. The van der Waals surface area contributed by atoms with E-state index in [1.54, 1.807) is 11.8 Å². The van der Waals surface area contributed by atoms with Crippen LogP contribution in [0.1, 0.15) is 19.3 Å². The Morgan fingerprint density at radius 2 is 2.06 bits per heavy atom. The van der Waals surface area contributed by atoms with Crippen molar-refractivity contribution < 1.29 is 18.3 Å². The van der Waals surface area contributed by atoms with Crippen LogP contribution in [0.5, 0.6) is 0 Å². The van der Waals surface area contributed by atoms with E-state index >= 15 is 0 Å². The summed E-state index contributed by atoms with van der Waals surface area (Å²) in [6.45, 7) is 0.371. The fourth-order valence-corrected chi connectivity index (χ4v) is 2.50. The van der Waals surface area contributed by atoms with E-state index in [1.165, 1.54) is 7.05 Å². The number of rotatable bonds is 10. The third-order valence-corrected chi connectivity index (χ3v) is 4.38. The van der Waals surface area contributed by atoms with Crippen LogP contribution in [-0.2, 0) is 15.0 Å². The van der Waals surface area contributed by atoms with Gasteiger partial charge in [-0.3, -0.25) is 4.79 Å². The normalized spacial score (nSPS) is 11.9. The standard InChI is InChI=1S/C9H20N2O4S2/c1-11(7-5-9(12)13)17(14,15)10-6-3-4-8-16-2/h10H,3-8H2,1-2H3,(H,12,13). The van der Waals surface area contributed by atoms with E-state index in [4.69, 9.17) is 5.11 Å². The summed E-state index contributed by atoms with van der Waals surface area (Å²) in [4.78, 5) is 10.3. The van der Waals surface area contributed by atoms with Gasteiger partial charge in [-0.25, -0.2) is 4.72 Å². The molecular weight excluding hydrogens is 264 g/mol. The second kappa shape index (κ2) is 8.73. The van der Waals surface area contributed by atoms with Gasteiger partial charge in [0.1, 0.15) is 0 Å². The molecule has 0 radical (unpaired) electrons. The molecule has 0 rings (SSSR count). The van der Waals surface area contributed by atoms with E-state index < -0.39 is 16.2 Å². The van der Waals surface area contributed by atoms with Crippen molar-refractivity contribution in [1.82, 2.24) is 9.03 Å². The smallest absolute Gasteiger partial charge is 0.304 e. The zero-order chi connectivity index (χ0) is 13.3. The molecule has 0 saturated heterocycles. The summed E-state index contributed by atoms with van der Waals surface area (Å²) >= 11 is 1.72. The topological polar surface area (TPSA) is 86.7 Å². The minimum absolute atomic E-state index is 0.0184. The van der Waals surface area contributed by atoms with Crippen LogP contribution in [0.3, 0.4) is 0 Å². The van der Waals surface area contributed by atoms with Gasteiger partial charge in [0, 0.05) is 20.1 Å². The minimum atomic E-state index is -3.53. The van der Waals surface area contributed by atoms with Crippen molar-refractivity contribution >= 4 is 27.9 Å². The minimum Gasteiger partial charge on any atom is -0.481 e. The molecule has 0 saturated carbocycles. The molecule has 102 valence electrons. The molecule has 17 heavy (non-hydrogen) atoms. The lowest BCUT2D eigenvalue weighted by Crippen LogP contribution is -2.39. The lowest BCUT2D eigenvalue weighted by atomic mass is 10.3. The lowest BCUT2D eigenvalue weighted by Gasteiger charge is -2.16. The highest BCUT2D eigenvalue weighted by Crippen LogP contribution is 2.00. The van der Waals surface area contributed by atoms with E-state index in [0.717, 1.165) is 22.9 Å². The maximum absolute atomic E-state index is 11.6. The molecular formula is C9H20N2O4S2. The second-order valence-electron chi connectivity index (χ2n) is 3.56. The molecule has 6 nitrogen and oxygen atoms in total. The van der Waals surface area contributed by atoms with Gasteiger partial charge in [0.05, 0.1) is 6.42 Å². The molecule has 0 aliphatic rings. The first-order valence-corrected chi connectivity index (χ1v) is 8.15. The number of unbranched alkanes of at least 4 members (excludes halogenated alkanes) is 1. The van der Waals surface area contributed by atoms with Crippen molar-refractivity contribution in [3.63, 3.8) is 0 Å². The fourth-order valence-electron chi connectivity index (χ4n) is 1.06. The Kier molecular flexibility index (Phi) is 8.57. The van der Waals surface area contributed by atoms with Gasteiger partial charge >= 0.3 is 5.97 Å². The number of carboxylic acid groups (broad SMARTS) is 1. The molecule has 2 N–H and O–H groups in total. The summed E-state index contributed by atoms with van der Waals surface area (Å²) in [7, 11) is -2.16. The molecule has 0 aromatic heterocycles. The number of carboxylic acids is 1. The van der Waals surface area contributed by atoms with E-state index in [0.29, 0.717) is 6.54 Å². The van der Waals surface area contributed by atoms with E-state index in [1.807, 2.05) is 6.26 Å². The molecule has 0 fully saturated rings. The van der Waals surface area contributed by atoms with E-state index in [9.17, 15) is 13.2 Å². The number of nitrogens with one attached hydrogen (secondary N) is 1. The molecule has 0 heterocycles. The molecule has 0 bridgehead atoms. The average molecular weight is 284 g/mol. The first kappa shape index (κ1) is 16.7. The van der Waals surface area contributed by atoms with E-state index in [2.05, 4.69) is 4.72 Å². The number of carbonyl (C=O) groups is 1. The second-order valence-corrected chi connectivity index (χ2v) is 6.41. The summed E-state index contributed by atoms with van der Waals surface area (Å²) in [5, 5.41) is 8.46. The summed E-state index contributed by atoms with van der Waals surface area (Å²) in [5.74, 6) is 0.00311. The maximum Gasteiger partial charge on any atom is 0.304 e. The molecule has 0 aliphatic heterocycles. The van der Waals surface area contributed by atoms with Gasteiger partial charge in [0.2, 0.25) is 0 Å². The van der Waals surface area contributed by atoms with Crippen LogP contribution in [0.25, 0.3) is 0 Å². The molecule has 0 unspecified atom stereocenters. The Morgan fingerprint density at radius 3 is 2.59 bits per heavy atom. The van der Waals surface area contributed by atoms with Gasteiger partial charge in [-0.05, 0) is 24.9 Å². The summed E-state index contributed by atoms with van der Waals surface area (Å²) in [6.07, 6.45) is 3.56. The quantitative estimate of drug-likeness (QED) is 0.566. The van der Waals surface area contributed by atoms with Crippen molar-refractivity contribution in [2.24, 2.45) is 0 Å². The number of hydrogen-bond donors (Lipinski definition) is 2. The van der Waals surface area contributed by atoms with Gasteiger partial charge in [-0.15, -0.1) is 0 Å². The van der Waals surface area contributed by atoms with E-state index in [-0.39, 0.29) is 13.0 Å². The number of thioether (sulfide) groups is 1. The van der Waals surface area contributed by atoms with Gasteiger partial charge in [0.25, 0.3) is 10.2 Å². The van der Waals surface area contributed by atoms with Gasteiger partial charge in [0.15, 0.2) is 0 Å². The van der Waals surface area contributed by atoms with Gasteiger partial charge < -0.3 is 5.11 Å². The van der Waals surface area contributed by atoms with Crippen molar-refractivity contribution in [3.05, 3.63) is 0 Å². The van der Waals surface area contributed by atoms with Crippen LogP contribution in [0.2, 0.25) is 0 Å². The Bertz CT molecular complexity index is 319. The molecule has 0 aromatic rings. The molecule has 0 spiro atoms. The zero-order valence-electron chi connectivity index (χ0n) is 10.2. The van der Waals surface area contributed by atoms with Crippen LogP contribution in [0.15, 0.2) is 0 Å². The Balaban J connectivity index is 3.89. The van der Waals surface area contributed by atoms with Crippen LogP contribution in [0.4, 0.5) is 0 Å². The van der Waals surface area contributed by atoms with Crippen LogP contribution < -0.4 is 4.72 Å². The summed E-state index contributed by atoms with van der Waals surface area (Å²) < 4.78 is 26.6. The highest BCUT2D eigenvalue weighted by atomic mass is 32.2. The maximum atomic E-state index is 11.6. The molecule has 0 amide bonds. The predicted molar refractivity (Wildman–Crippen MR) is 69.4 cm³/mol. The van der Waals surface area contributed by atoms with Crippen molar-refractivity contribution in [2.45, 2.75) is 19.3 Å². The van der Waals surface area contributed by atoms with Crippen LogP contribution in [0, 0.1) is 0 Å². The number of hydrogen-bond acceptors (Lipinski definition) is 4. The number of aliphatic carboxylic acids is 1. The van der Waals surface area contributed by atoms with Crippen molar-refractivity contribution in [1.29, 1.82) is 0 Å². The molecule has 0 aliphatic carbocycles. The third kappa shape index (κ3) is 8.42. The predicted octanol–water partition coefficient (Wildman–Crippen LogP) is 0.371. The van der Waals surface area contributed by atoms with Gasteiger partial charge in [-0.1, -0.05) is 0 Å². The largest absolute Gasteiger partial charge is 0.481 e. The molecule has 0 aromatic carbocycles. The van der Waals surface area contributed by atoms with Crippen molar-refractivity contribution in [2.75, 3.05) is 32.1 Å². The third-order valence-electron chi connectivity index (χ3n) is 2.11. The highest BCUT2D eigenvalue weighted by Gasteiger charge is 2.17. The summed E-state index contributed by atoms with van der Waals surface area (Å²) in [5.41, 5.74) is 0.